The number of ether oxygens (including phenoxy) is 3. The zero-order chi connectivity index (χ0) is 25.7. The van der Waals surface area contributed by atoms with Gasteiger partial charge in [0, 0.05) is 0 Å². The molecule has 36 heavy (non-hydrogen) atoms. The largest absolute Gasteiger partial charge is 0.494 e. The Bertz CT molecular complexity index is 1320. The quantitative estimate of drug-likeness (QED) is 0.309. The van der Waals surface area contributed by atoms with E-state index in [-0.39, 0.29) is 5.57 Å². The summed E-state index contributed by atoms with van der Waals surface area (Å²) in [5, 5.41) is 2.22. The number of amides is 4. The molecule has 0 bridgehead atoms. The van der Waals surface area contributed by atoms with E-state index >= 15 is 0 Å². The minimum Gasteiger partial charge on any atom is -0.494 e. The number of nitrogens with one attached hydrogen (secondary N) is 1. The van der Waals surface area contributed by atoms with Crippen LogP contribution in [0.15, 0.2) is 76.8 Å². The van der Waals surface area contributed by atoms with E-state index in [0.717, 1.165) is 10.5 Å². The van der Waals surface area contributed by atoms with Crippen molar-refractivity contribution in [3.05, 3.63) is 87.9 Å². The summed E-state index contributed by atoms with van der Waals surface area (Å²) in [5.74, 6) is -0.0343. The van der Waals surface area contributed by atoms with Gasteiger partial charge in [-0.15, -0.1) is 0 Å². The lowest BCUT2D eigenvalue weighted by atomic mass is 10.1. The topological polar surface area (TPSA) is 94.2 Å². The van der Waals surface area contributed by atoms with E-state index < -0.39 is 17.8 Å². The number of anilines is 1. The van der Waals surface area contributed by atoms with Gasteiger partial charge in [-0.3, -0.25) is 14.9 Å². The number of hydrogen-bond acceptors (Lipinski definition) is 6. The molecular formula is C27H23BrN2O6. The zero-order valence-corrected chi connectivity index (χ0v) is 21.2. The maximum Gasteiger partial charge on any atom is 0.335 e. The highest BCUT2D eigenvalue weighted by Crippen LogP contribution is 2.38. The minimum atomic E-state index is -0.824. The molecule has 1 aliphatic heterocycles. The van der Waals surface area contributed by atoms with Gasteiger partial charge in [-0.25, -0.2) is 9.69 Å². The van der Waals surface area contributed by atoms with E-state index in [4.69, 9.17) is 14.2 Å². The normalized spacial score (nSPS) is 14.6. The van der Waals surface area contributed by atoms with Crippen LogP contribution in [0.3, 0.4) is 0 Å². The Morgan fingerprint density at radius 2 is 1.69 bits per heavy atom. The summed E-state index contributed by atoms with van der Waals surface area (Å²) in [7, 11) is 1.50. The van der Waals surface area contributed by atoms with Crippen LogP contribution >= 0.6 is 15.9 Å². The summed E-state index contributed by atoms with van der Waals surface area (Å²) >= 11 is 3.49. The van der Waals surface area contributed by atoms with Crippen LogP contribution in [0.1, 0.15) is 18.1 Å². The Morgan fingerprint density at radius 3 is 2.36 bits per heavy atom. The van der Waals surface area contributed by atoms with Crippen LogP contribution in [-0.2, 0) is 16.2 Å². The first kappa shape index (κ1) is 25.0. The predicted octanol–water partition coefficient (Wildman–Crippen LogP) is 5.10. The van der Waals surface area contributed by atoms with Crippen molar-refractivity contribution in [1.29, 1.82) is 0 Å². The monoisotopic (exact) mass is 550 g/mol. The van der Waals surface area contributed by atoms with Crippen LogP contribution in [-0.4, -0.2) is 31.6 Å². The molecule has 4 rings (SSSR count). The fourth-order valence-electron chi connectivity index (χ4n) is 3.61. The van der Waals surface area contributed by atoms with Gasteiger partial charge >= 0.3 is 6.03 Å². The molecule has 0 spiro atoms. The number of halogens is 1. The fraction of sp³-hybridized carbons (Fsp3) is 0.148. The number of nitrogens with zero attached hydrogens (tertiary/aromatic N) is 1. The lowest BCUT2D eigenvalue weighted by Crippen LogP contribution is -2.54. The first-order valence-electron chi connectivity index (χ1n) is 11.1. The molecule has 1 fully saturated rings. The minimum absolute atomic E-state index is 0.199. The Morgan fingerprint density at radius 1 is 0.972 bits per heavy atom. The number of imide groups is 2. The molecule has 3 aromatic carbocycles. The third-order valence-corrected chi connectivity index (χ3v) is 5.89. The van der Waals surface area contributed by atoms with Crippen molar-refractivity contribution in [3.8, 4) is 17.2 Å². The summed E-state index contributed by atoms with van der Waals surface area (Å²) in [4.78, 5) is 39.2. The van der Waals surface area contributed by atoms with Crippen molar-refractivity contribution in [1.82, 2.24) is 5.32 Å². The van der Waals surface area contributed by atoms with Gasteiger partial charge in [0.05, 0.1) is 23.9 Å². The highest BCUT2D eigenvalue weighted by molar-refractivity contribution is 9.10. The molecule has 1 heterocycles. The Labute approximate surface area is 216 Å². The molecule has 8 nitrogen and oxygen atoms in total. The van der Waals surface area contributed by atoms with E-state index in [2.05, 4.69) is 21.2 Å². The Balaban J connectivity index is 1.62. The van der Waals surface area contributed by atoms with Crippen molar-refractivity contribution in [3.63, 3.8) is 0 Å². The molecule has 0 saturated carbocycles. The number of hydrogen-bond donors (Lipinski definition) is 1. The first-order valence-corrected chi connectivity index (χ1v) is 11.9. The molecule has 0 aromatic heterocycles. The SMILES string of the molecule is CCOc1ccc(N2C(=O)NC(=O)/C(=C/c3cc(Br)c(OCc4ccccc4)c(OC)c3)C2=O)cc1. The molecule has 0 radical (unpaired) electrons. The maximum atomic E-state index is 13.2. The van der Waals surface area contributed by atoms with Crippen LogP contribution in [0.25, 0.3) is 6.08 Å². The third kappa shape index (κ3) is 5.41. The Hall–Kier alpha value is -4.11. The molecule has 1 aliphatic rings. The lowest BCUT2D eigenvalue weighted by Gasteiger charge is -2.26. The number of benzene rings is 3. The summed E-state index contributed by atoms with van der Waals surface area (Å²) in [6.45, 7) is 2.67. The highest BCUT2D eigenvalue weighted by Gasteiger charge is 2.36. The van der Waals surface area contributed by atoms with Crippen molar-refractivity contribution < 1.29 is 28.6 Å². The molecule has 3 aromatic rings. The molecule has 1 saturated heterocycles. The van der Waals surface area contributed by atoms with Crippen molar-refractivity contribution in [2.45, 2.75) is 13.5 Å². The molecule has 0 atom stereocenters. The average Bonchev–Trinajstić information content (AvgIpc) is 2.87. The second-order valence-corrected chi connectivity index (χ2v) is 8.55. The number of methoxy groups -OCH3 is 1. The van der Waals surface area contributed by atoms with Gasteiger partial charge < -0.3 is 14.2 Å². The number of urea groups is 1. The van der Waals surface area contributed by atoms with E-state index in [1.165, 1.54) is 13.2 Å². The molecule has 1 N–H and O–H groups in total. The smallest absolute Gasteiger partial charge is 0.335 e. The molecule has 9 heteroatoms. The molecule has 0 aliphatic carbocycles. The molecule has 184 valence electrons. The van der Waals surface area contributed by atoms with Gasteiger partial charge in [0.1, 0.15) is 17.9 Å². The van der Waals surface area contributed by atoms with Crippen LogP contribution in [0.5, 0.6) is 17.2 Å². The standard InChI is InChI=1S/C27H23BrN2O6/c1-3-35-20-11-9-19(10-12-20)30-26(32)21(25(31)29-27(30)33)13-18-14-22(28)24(23(15-18)34-2)36-16-17-7-5-4-6-8-17/h4-15H,3,16H2,1-2H3,(H,29,31,33)/b21-13-. The first-order chi connectivity index (χ1) is 17.4. The highest BCUT2D eigenvalue weighted by atomic mass is 79.9. The van der Waals surface area contributed by atoms with Gasteiger partial charge in [0.2, 0.25) is 0 Å². The lowest BCUT2D eigenvalue weighted by molar-refractivity contribution is -0.122. The molecule has 4 amide bonds. The molecule has 0 unspecified atom stereocenters. The van der Waals surface area contributed by atoms with Crippen LogP contribution < -0.4 is 24.4 Å². The third-order valence-electron chi connectivity index (χ3n) is 5.30. The summed E-state index contributed by atoms with van der Waals surface area (Å²) in [6.07, 6.45) is 1.40. The van der Waals surface area contributed by atoms with Crippen LogP contribution in [0, 0.1) is 0 Å². The van der Waals surface area contributed by atoms with Gasteiger partial charge in [-0.05, 0) is 76.5 Å². The van der Waals surface area contributed by atoms with Crippen molar-refractivity contribution >= 4 is 45.5 Å². The van der Waals surface area contributed by atoms with Gasteiger partial charge in [0.15, 0.2) is 11.5 Å². The second-order valence-electron chi connectivity index (χ2n) is 7.69. The van der Waals surface area contributed by atoms with E-state index in [1.807, 2.05) is 37.3 Å². The zero-order valence-electron chi connectivity index (χ0n) is 19.6. The fourth-order valence-corrected chi connectivity index (χ4v) is 4.18. The number of rotatable bonds is 8. The number of carbonyl (C=O) groups is 3. The van der Waals surface area contributed by atoms with E-state index in [9.17, 15) is 14.4 Å². The van der Waals surface area contributed by atoms with Gasteiger partial charge in [0.25, 0.3) is 11.8 Å². The second kappa shape index (κ2) is 11.1. The Kier molecular flexibility index (Phi) is 7.70. The predicted molar refractivity (Wildman–Crippen MR) is 138 cm³/mol. The van der Waals surface area contributed by atoms with E-state index in [1.54, 1.807) is 36.4 Å². The summed E-state index contributed by atoms with van der Waals surface area (Å²) in [6, 6.07) is 18.7. The van der Waals surface area contributed by atoms with Crippen molar-refractivity contribution in [2.75, 3.05) is 18.6 Å². The summed E-state index contributed by atoms with van der Waals surface area (Å²) < 4.78 is 17.4. The number of barbiturate groups is 1. The average molecular weight is 551 g/mol. The summed E-state index contributed by atoms with van der Waals surface area (Å²) in [5.41, 5.74) is 1.60. The van der Waals surface area contributed by atoms with Gasteiger partial charge in [-0.1, -0.05) is 30.3 Å². The van der Waals surface area contributed by atoms with Gasteiger partial charge in [-0.2, -0.15) is 0 Å². The van der Waals surface area contributed by atoms with Crippen LogP contribution in [0.4, 0.5) is 10.5 Å². The molecular weight excluding hydrogens is 528 g/mol. The van der Waals surface area contributed by atoms with E-state index in [0.29, 0.717) is 46.2 Å². The van der Waals surface area contributed by atoms with Crippen molar-refractivity contribution in [2.24, 2.45) is 0 Å². The van der Waals surface area contributed by atoms with Crippen LogP contribution in [0.2, 0.25) is 0 Å². The number of carbonyl (C=O) groups excluding carboxylic acids is 3. The maximum absolute atomic E-state index is 13.2.